The monoisotopic (exact) mass is 407 g/mol. The third-order valence-electron chi connectivity index (χ3n) is 4.36. The van der Waals surface area contributed by atoms with Gasteiger partial charge in [0, 0.05) is 17.2 Å². The number of nitrogens with zero attached hydrogens (tertiary/aromatic N) is 4. The molecule has 4 aromatic rings. The largest absolute Gasteiger partial charge is 0.321 e. The summed E-state index contributed by atoms with van der Waals surface area (Å²) in [7, 11) is 0. The Hall–Kier alpha value is -3.78. The molecule has 0 aliphatic heterocycles. The average Bonchev–Trinajstić information content (AvgIpc) is 3.11. The van der Waals surface area contributed by atoms with Gasteiger partial charge < -0.3 is 5.32 Å². The van der Waals surface area contributed by atoms with Crippen molar-refractivity contribution in [2.75, 3.05) is 5.32 Å². The topological polar surface area (TPSA) is 103 Å². The molecule has 1 heterocycles. The fourth-order valence-electron chi connectivity index (χ4n) is 2.91. The van der Waals surface area contributed by atoms with Crippen molar-refractivity contribution in [1.82, 2.24) is 15.0 Å². The van der Waals surface area contributed by atoms with Crippen LogP contribution in [0.5, 0.6) is 0 Å². The van der Waals surface area contributed by atoms with Crippen molar-refractivity contribution in [2.24, 2.45) is 0 Å². The van der Waals surface area contributed by atoms with Crippen LogP contribution in [0.3, 0.4) is 0 Å². The number of hydrogen-bond acceptors (Lipinski definition) is 5. The van der Waals surface area contributed by atoms with Gasteiger partial charge in [0.25, 0.3) is 11.6 Å². The molecule has 0 bridgehead atoms. The maximum atomic E-state index is 12.6. The number of halogens is 1. The van der Waals surface area contributed by atoms with Crippen LogP contribution in [0.4, 0.5) is 11.4 Å². The summed E-state index contributed by atoms with van der Waals surface area (Å²) in [5, 5.41) is 22.8. The van der Waals surface area contributed by atoms with Gasteiger partial charge in [0.05, 0.1) is 21.3 Å². The zero-order valence-electron chi connectivity index (χ0n) is 15.2. The molecule has 3 aromatic carbocycles. The van der Waals surface area contributed by atoms with Crippen LogP contribution < -0.4 is 5.32 Å². The van der Waals surface area contributed by atoms with Gasteiger partial charge in [0.1, 0.15) is 11.0 Å². The number of fused-ring (bicyclic) bond motifs is 1. The molecule has 144 valence electrons. The standard InChI is InChI=1S/C20H14ClN5O3/c1-12-9-13(7-8-19(12)26(28)29)20(27)22-16-11-18-17(10-15(16)21)23-25(24-18)14-5-3-2-4-6-14/h2-11H,1H3,(H,22,27). The predicted molar refractivity (Wildman–Crippen MR) is 110 cm³/mol. The molecule has 0 unspecified atom stereocenters. The minimum atomic E-state index is -0.488. The van der Waals surface area contributed by atoms with Gasteiger partial charge in [-0.05, 0) is 43.3 Å². The summed E-state index contributed by atoms with van der Waals surface area (Å²) in [6.07, 6.45) is 0. The number of amides is 1. The van der Waals surface area contributed by atoms with Crippen molar-refractivity contribution in [3.05, 3.63) is 86.9 Å². The highest BCUT2D eigenvalue weighted by Gasteiger charge is 2.16. The van der Waals surface area contributed by atoms with E-state index in [1.54, 1.807) is 19.1 Å². The van der Waals surface area contributed by atoms with Gasteiger partial charge in [-0.1, -0.05) is 29.8 Å². The van der Waals surface area contributed by atoms with E-state index in [2.05, 4.69) is 15.5 Å². The molecule has 8 nitrogen and oxygen atoms in total. The average molecular weight is 408 g/mol. The Morgan fingerprint density at radius 2 is 1.76 bits per heavy atom. The molecule has 0 atom stereocenters. The number of para-hydroxylation sites is 1. The Bertz CT molecular complexity index is 1250. The Kier molecular flexibility index (Phi) is 4.69. The number of aryl methyl sites for hydroxylation is 1. The molecule has 4 rings (SSSR count). The van der Waals surface area contributed by atoms with E-state index < -0.39 is 10.8 Å². The number of anilines is 1. The lowest BCUT2D eigenvalue weighted by Gasteiger charge is -2.08. The molecule has 0 aliphatic carbocycles. The molecular formula is C20H14ClN5O3. The molecule has 0 saturated carbocycles. The van der Waals surface area contributed by atoms with E-state index in [0.717, 1.165) is 5.69 Å². The molecule has 29 heavy (non-hydrogen) atoms. The first kappa shape index (κ1) is 18.6. The van der Waals surface area contributed by atoms with Gasteiger partial charge in [-0.3, -0.25) is 14.9 Å². The smallest absolute Gasteiger partial charge is 0.272 e. The second-order valence-corrected chi connectivity index (χ2v) is 6.77. The third-order valence-corrected chi connectivity index (χ3v) is 4.67. The first-order valence-electron chi connectivity index (χ1n) is 8.61. The van der Waals surface area contributed by atoms with Crippen LogP contribution in [0.25, 0.3) is 16.7 Å². The van der Waals surface area contributed by atoms with Gasteiger partial charge in [-0.2, -0.15) is 4.80 Å². The number of nitro benzene ring substituents is 1. The SMILES string of the molecule is Cc1cc(C(=O)Nc2cc3nn(-c4ccccc4)nc3cc2Cl)ccc1[N+](=O)[O-]. The number of benzene rings is 3. The summed E-state index contributed by atoms with van der Waals surface area (Å²) < 4.78 is 0. The van der Waals surface area contributed by atoms with E-state index in [0.29, 0.717) is 27.3 Å². The summed E-state index contributed by atoms with van der Waals surface area (Å²) >= 11 is 6.31. The first-order chi connectivity index (χ1) is 13.9. The lowest BCUT2D eigenvalue weighted by atomic mass is 10.1. The van der Waals surface area contributed by atoms with Crippen molar-refractivity contribution >= 4 is 39.9 Å². The molecule has 1 amide bonds. The Balaban J connectivity index is 1.64. The van der Waals surface area contributed by atoms with Gasteiger partial charge in [0.15, 0.2) is 0 Å². The number of aromatic nitrogens is 3. The van der Waals surface area contributed by atoms with E-state index >= 15 is 0 Å². The summed E-state index contributed by atoms with van der Waals surface area (Å²) in [4.78, 5) is 24.5. The van der Waals surface area contributed by atoms with Crippen molar-refractivity contribution in [3.8, 4) is 5.69 Å². The number of hydrogen-bond donors (Lipinski definition) is 1. The molecule has 0 radical (unpaired) electrons. The minimum absolute atomic E-state index is 0.0430. The first-order valence-corrected chi connectivity index (χ1v) is 8.98. The summed E-state index contributed by atoms with van der Waals surface area (Å²) in [5.74, 6) is -0.431. The van der Waals surface area contributed by atoms with Crippen molar-refractivity contribution in [1.29, 1.82) is 0 Å². The molecule has 0 spiro atoms. The fourth-order valence-corrected chi connectivity index (χ4v) is 3.11. The Morgan fingerprint density at radius 1 is 1.07 bits per heavy atom. The maximum Gasteiger partial charge on any atom is 0.272 e. The van der Waals surface area contributed by atoms with E-state index in [-0.39, 0.29) is 11.3 Å². The fraction of sp³-hybridized carbons (Fsp3) is 0.0500. The number of nitrogens with one attached hydrogen (secondary N) is 1. The van der Waals surface area contributed by atoms with Crippen LogP contribution in [0.1, 0.15) is 15.9 Å². The summed E-state index contributed by atoms with van der Waals surface area (Å²) in [6, 6.07) is 16.9. The van der Waals surface area contributed by atoms with Crippen molar-refractivity contribution in [3.63, 3.8) is 0 Å². The maximum absolute atomic E-state index is 12.6. The van der Waals surface area contributed by atoms with E-state index in [1.807, 2.05) is 30.3 Å². The van der Waals surface area contributed by atoms with E-state index in [1.165, 1.54) is 23.0 Å². The number of carbonyl (C=O) groups is 1. The second kappa shape index (κ2) is 7.33. The van der Waals surface area contributed by atoms with Gasteiger partial charge in [0.2, 0.25) is 0 Å². The summed E-state index contributed by atoms with van der Waals surface area (Å²) in [5.41, 5.74) is 2.97. The van der Waals surface area contributed by atoms with Gasteiger partial charge in [-0.15, -0.1) is 10.2 Å². The normalized spacial score (nSPS) is 10.8. The highest BCUT2D eigenvalue weighted by Crippen LogP contribution is 2.28. The van der Waals surface area contributed by atoms with E-state index in [4.69, 9.17) is 11.6 Å². The second-order valence-electron chi connectivity index (χ2n) is 6.36. The van der Waals surface area contributed by atoms with Crippen LogP contribution in [0, 0.1) is 17.0 Å². The minimum Gasteiger partial charge on any atom is -0.321 e. The van der Waals surface area contributed by atoms with Gasteiger partial charge >= 0.3 is 0 Å². The van der Waals surface area contributed by atoms with Crippen molar-refractivity contribution in [2.45, 2.75) is 6.92 Å². The van der Waals surface area contributed by atoms with Crippen LogP contribution in [-0.4, -0.2) is 25.8 Å². The van der Waals surface area contributed by atoms with Crippen LogP contribution in [0.2, 0.25) is 5.02 Å². The highest BCUT2D eigenvalue weighted by atomic mass is 35.5. The molecular weight excluding hydrogens is 394 g/mol. The molecule has 0 saturated heterocycles. The van der Waals surface area contributed by atoms with Gasteiger partial charge in [-0.25, -0.2) is 0 Å². The van der Waals surface area contributed by atoms with Crippen molar-refractivity contribution < 1.29 is 9.72 Å². The lowest BCUT2D eigenvalue weighted by molar-refractivity contribution is -0.385. The van der Waals surface area contributed by atoms with Crippen LogP contribution in [0.15, 0.2) is 60.7 Å². The quantitative estimate of drug-likeness (QED) is 0.395. The predicted octanol–water partition coefficient (Wildman–Crippen LogP) is 4.54. The molecule has 1 N–H and O–H groups in total. The molecule has 0 fully saturated rings. The lowest BCUT2D eigenvalue weighted by Crippen LogP contribution is -2.12. The molecule has 9 heteroatoms. The molecule has 0 aliphatic rings. The van der Waals surface area contributed by atoms with E-state index in [9.17, 15) is 14.9 Å². The highest BCUT2D eigenvalue weighted by molar-refractivity contribution is 6.34. The zero-order valence-corrected chi connectivity index (χ0v) is 15.9. The number of nitro groups is 1. The zero-order chi connectivity index (χ0) is 20.5. The Morgan fingerprint density at radius 3 is 2.41 bits per heavy atom. The number of rotatable bonds is 4. The third kappa shape index (κ3) is 3.65. The van der Waals surface area contributed by atoms with Crippen LogP contribution in [-0.2, 0) is 0 Å². The summed E-state index contributed by atoms with van der Waals surface area (Å²) in [6.45, 7) is 1.58. The molecule has 1 aromatic heterocycles. The van der Waals surface area contributed by atoms with Crippen LogP contribution >= 0.6 is 11.6 Å². The number of carbonyl (C=O) groups excluding carboxylic acids is 1. The Labute approximate surface area is 169 Å².